The number of aryl methyl sites for hydroxylation is 1. The molecule has 1 fully saturated rings. The van der Waals surface area contributed by atoms with Crippen LogP contribution in [-0.4, -0.2) is 47.7 Å². The third-order valence-electron chi connectivity index (χ3n) is 5.67. The second-order valence-corrected chi connectivity index (χ2v) is 9.05. The molecule has 1 unspecified atom stereocenters. The molecule has 1 aliphatic rings. The number of ether oxygens (including phenoxy) is 1. The SMILES string of the molecule is COC(=O)c1ccc(C#CCN2C(=O)CCC2C=C[C@@H](O)[C@@H](C)CCc2ccccc2)s1. The molecule has 0 aliphatic carbocycles. The third-order valence-corrected chi connectivity index (χ3v) is 6.65. The Balaban J connectivity index is 1.53. The van der Waals surface area contributed by atoms with Crippen LogP contribution in [0.2, 0.25) is 0 Å². The molecular formula is C26H29NO4S. The second kappa shape index (κ2) is 11.7. The summed E-state index contributed by atoms with van der Waals surface area (Å²) < 4.78 is 4.71. The Labute approximate surface area is 193 Å². The summed E-state index contributed by atoms with van der Waals surface area (Å²) in [5.41, 5.74) is 1.27. The summed E-state index contributed by atoms with van der Waals surface area (Å²) in [6, 6.07) is 13.7. The first-order valence-corrected chi connectivity index (χ1v) is 11.7. The summed E-state index contributed by atoms with van der Waals surface area (Å²) in [5.74, 6) is 5.88. The van der Waals surface area contributed by atoms with Crippen LogP contribution in [0.15, 0.2) is 54.6 Å². The molecule has 2 aromatic rings. The van der Waals surface area contributed by atoms with Gasteiger partial charge < -0.3 is 14.7 Å². The summed E-state index contributed by atoms with van der Waals surface area (Å²) in [7, 11) is 1.35. The molecule has 5 nitrogen and oxygen atoms in total. The number of hydrogen-bond donors (Lipinski definition) is 1. The molecule has 168 valence electrons. The maximum atomic E-state index is 12.3. The Morgan fingerprint density at radius 2 is 2.09 bits per heavy atom. The Morgan fingerprint density at radius 1 is 1.31 bits per heavy atom. The Hall–Kier alpha value is -2.88. The van der Waals surface area contributed by atoms with Crippen LogP contribution < -0.4 is 0 Å². The Kier molecular flexibility index (Phi) is 8.66. The van der Waals surface area contributed by atoms with Crippen molar-refractivity contribution in [2.45, 2.75) is 44.8 Å². The number of aliphatic hydroxyl groups is 1. The molecule has 0 radical (unpaired) electrons. The van der Waals surface area contributed by atoms with Crippen molar-refractivity contribution >= 4 is 23.2 Å². The van der Waals surface area contributed by atoms with Crippen LogP contribution in [0.1, 0.15) is 46.3 Å². The lowest BCUT2D eigenvalue weighted by molar-refractivity contribution is -0.127. The topological polar surface area (TPSA) is 66.8 Å². The summed E-state index contributed by atoms with van der Waals surface area (Å²) in [5, 5.41) is 10.5. The highest BCUT2D eigenvalue weighted by molar-refractivity contribution is 7.14. The lowest BCUT2D eigenvalue weighted by Gasteiger charge is -2.21. The number of nitrogens with zero attached hydrogens (tertiary/aromatic N) is 1. The van der Waals surface area contributed by atoms with Crippen molar-refractivity contribution in [3.63, 3.8) is 0 Å². The quantitative estimate of drug-likeness (QED) is 0.373. The molecule has 3 rings (SSSR count). The van der Waals surface area contributed by atoms with E-state index in [4.69, 9.17) is 4.74 Å². The molecular weight excluding hydrogens is 422 g/mol. The fourth-order valence-corrected chi connectivity index (χ4v) is 4.43. The van der Waals surface area contributed by atoms with Crippen molar-refractivity contribution in [3.05, 3.63) is 69.9 Å². The van der Waals surface area contributed by atoms with Crippen molar-refractivity contribution in [2.24, 2.45) is 5.92 Å². The zero-order chi connectivity index (χ0) is 22.9. The molecule has 6 heteroatoms. The lowest BCUT2D eigenvalue weighted by Crippen LogP contribution is -2.32. The number of likely N-dealkylation sites (tertiary alicyclic amines) is 1. The average molecular weight is 452 g/mol. The average Bonchev–Trinajstić information content (AvgIpc) is 3.43. The van der Waals surface area contributed by atoms with E-state index in [1.54, 1.807) is 17.0 Å². The number of amides is 1. The third kappa shape index (κ3) is 6.56. The van der Waals surface area contributed by atoms with Gasteiger partial charge in [0.15, 0.2) is 0 Å². The van der Waals surface area contributed by atoms with Crippen molar-refractivity contribution in [2.75, 3.05) is 13.7 Å². The first kappa shape index (κ1) is 23.8. The van der Waals surface area contributed by atoms with E-state index < -0.39 is 6.10 Å². The zero-order valence-electron chi connectivity index (χ0n) is 18.5. The van der Waals surface area contributed by atoms with E-state index in [1.165, 1.54) is 24.0 Å². The minimum Gasteiger partial charge on any atom is -0.465 e. The maximum Gasteiger partial charge on any atom is 0.348 e. The minimum atomic E-state index is -0.551. The van der Waals surface area contributed by atoms with E-state index >= 15 is 0 Å². The Bertz CT molecular complexity index is 1000. The molecule has 32 heavy (non-hydrogen) atoms. The number of rotatable bonds is 8. The van der Waals surface area contributed by atoms with Gasteiger partial charge in [-0.3, -0.25) is 4.79 Å². The van der Waals surface area contributed by atoms with Crippen LogP contribution in [0.3, 0.4) is 0 Å². The van der Waals surface area contributed by atoms with Crippen molar-refractivity contribution in [1.29, 1.82) is 0 Å². The lowest BCUT2D eigenvalue weighted by atomic mass is 9.95. The maximum absolute atomic E-state index is 12.3. The molecule has 0 spiro atoms. The first-order valence-electron chi connectivity index (χ1n) is 10.8. The predicted octanol–water partition coefficient (Wildman–Crippen LogP) is 4.06. The molecule has 3 atom stereocenters. The standard InChI is InChI=1S/C26H29NO4S/c1-19(10-11-20-7-4-3-5-8-20)23(28)15-12-21-13-17-25(29)27(21)18-6-9-22-14-16-24(32-22)26(30)31-2/h3-5,7-8,12,14-16,19,21,23,28H,10-11,13,17-18H2,1-2H3/t19-,21?,23+/m0/s1. The predicted molar refractivity (Wildman–Crippen MR) is 126 cm³/mol. The highest BCUT2D eigenvalue weighted by Gasteiger charge is 2.28. The fourth-order valence-electron chi connectivity index (χ4n) is 3.63. The van der Waals surface area contributed by atoms with Gasteiger partial charge in [0, 0.05) is 6.42 Å². The summed E-state index contributed by atoms with van der Waals surface area (Å²) in [6.45, 7) is 2.36. The van der Waals surface area contributed by atoms with E-state index in [1.807, 2.05) is 37.3 Å². The second-order valence-electron chi connectivity index (χ2n) is 7.96. The molecule has 0 bridgehead atoms. The van der Waals surface area contributed by atoms with Gasteiger partial charge in [0.25, 0.3) is 0 Å². The van der Waals surface area contributed by atoms with E-state index in [2.05, 4.69) is 24.0 Å². The number of methoxy groups -OCH3 is 1. The van der Waals surface area contributed by atoms with Crippen LogP contribution in [0.4, 0.5) is 0 Å². The van der Waals surface area contributed by atoms with Crippen LogP contribution in [0.5, 0.6) is 0 Å². The smallest absolute Gasteiger partial charge is 0.348 e. The largest absolute Gasteiger partial charge is 0.465 e. The van der Waals surface area contributed by atoms with Gasteiger partial charge in [-0.05, 0) is 42.9 Å². The number of esters is 1. The van der Waals surface area contributed by atoms with Crippen molar-refractivity contribution < 1.29 is 19.4 Å². The molecule has 1 aliphatic heterocycles. The zero-order valence-corrected chi connectivity index (χ0v) is 19.3. The van der Waals surface area contributed by atoms with E-state index in [9.17, 15) is 14.7 Å². The number of carbonyl (C=O) groups excluding carboxylic acids is 2. The van der Waals surface area contributed by atoms with Crippen LogP contribution in [-0.2, 0) is 16.0 Å². The minimum absolute atomic E-state index is 0.0539. The normalized spacial score (nSPS) is 17.8. The van der Waals surface area contributed by atoms with E-state index in [-0.39, 0.29) is 23.8 Å². The van der Waals surface area contributed by atoms with Gasteiger partial charge in [0.05, 0.1) is 30.7 Å². The summed E-state index contributed by atoms with van der Waals surface area (Å²) >= 11 is 1.27. The Morgan fingerprint density at radius 3 is 2.84 bits per heavy atom. The van der Waals surface area contributed by atoms with Gasteiger partial charge in [-0.2, -0.15) is 0 Å². The fraction of sp³-hybridized carbons (Fsp3) is 0.385. The van der Waals surface area contributed by atoms with Gasteiger partial charge >= 0.3 is 5.97 Å². The number of benzene rings is 1. The van der Waals surface area contributed by atoms with E-state index in [0.717, 1.165) is 24.1 Å². The molecule has 0 saturated carbocycles. The molecule has 1 aromatic heterocycles. The molecule has 1 N–H and O–H groups in total. The number of hydrogen-bond acceptors (Lipinski definition) is 5. The first-order chi connectivity index (χ1) is 15.5. The summed E-state index contributed by atoms with van der Waals surface area (Å²) in [6.07, 6.45) is 6.25. The number of thiophene rings is 1. The highest BCUT2D eigenvalue weighted by atomic mass is 32.1. The van der Waals surface area contributed by atoms with Gasteiger partial charge in [-0.15, -0.1) is 11.3 Å². The monoisotopic (exact) mass is 451 g/mol. The van der Waals surface area contributed by atoms with E-state index in [0.29, 0.717) is 17.8 Å². The van der Waals surface area contributed by atoms with Gasteiger partial charge in [0.2, 0.25) is 5.91 Å². The molecule has 2 heterocycles. The van der Waals surface area contributed by atoms with Crippen molar-refractivity contribution in [3.8, 4) is 11.8 Å². The van der Waals surface area contributed by atoms with Crippen LogP contribution in [0.25, 0.3) is 0 Å². The van der Waals surface area contributed by atoms with Gasteiger partial charge in [-0.1, -0.05) is 61.2 Å². The highest BCUT2D eigenvalue weighted by Crippen LogP contribution is 2.21. The van der Waals surface area contributed by atoms with Gasteiger partial charge in [0.1, 0.15) is 4.88 Å². The molecule has 1 saturated heterocycles. The number of aliphatic hydroxyl groups excluding tert-OH is 1. The summed E-state index contributed by atoms with van der Waals surface area (Å²) in [4.78, 5) is 26.9. The van der Waals surface area contributed by atoms with Gasteiger partial charge in [-0.25, -0.2) is 4.79 Å². The van der Waals surface area contributed by atoms with Crippen LogP contribution in [0, 0.1) is 17.8 Å². The van der Waals surface area contributed by atoms with Crippen molar-refractivity contribution in [1.82, 2.24) is 4.90 Å². The molecule has 1 amide bonds. The van der Waals surface area contributed by atoms with Crippen LogP contribution >= 0.6 is 11.3 Å². The number of carbonyl (C=O) groups is 2. The molecule has 1 aromatic carbocycles.